The highest BCUT2D eigenvalue weighted by atomic mass is 15.6. The molecule has 0 amide bonds. The normalized spacial score (nSPS) is 14.6. The minimum Gasteiger partial charge on any atom is -0.329 e. The quantitative estimate of drug-likeness (QED) is 0.906. The van der Waals surface area contributed by atoms with Gasteiger partial charge in [-0.1, -0.05) is 25.1 Å². The van der Waals surface area contributed by atoms with Crippen LogP contribution in [0.4, 0.5) is 0 Å². The molecule has 0 bridgehead atoms. The third kappa shape index (κ3) is 2.22. The second-order valence-electron chi connectivity index (χ2n) is 5.84. The van der Waals surface area contributed by atoms with Crippen LogP contribution in [0.25, 0.3) is 5.69 Å². The van der Waals surface area contributed by atoms with Crippen molar-refractivity contribution in [2.24, 2.45) is 0 Å². The monoisotopic (exact) mass is 274 g/mol. The maximum atomic E-state index is 4.32. The van der Waals surface area contributed by atoms with Crippen LogP contribution in [0, 0.1) is 13.8 Å². The summed E-state index contributed by atoms with van der Waals surface area (Å²) in [6.07, 6.45) is 0.973. The van der Waals surface area contributed by atoms with Crippen molar-refractivity contribution >= 4 is 0 Å². The molecule has 0 fully saturated rings. The van der Waals surface area contributed by atoms with Crippen LogP contribution in [0.5, 0.6) is 0 Å². The lowest BCUT2D eigenvalue weighted by molar-refractivity contribution is -0.923. The van der Waals surface area contributed by atoms with Crippen molar-refractivity contribution in [2.75, 3.05) is 14.1 Å². The topological polar surface area (TPSA) is 48.0 Å². The van der Waals surface area contributed by atoms with Crippen LogP contribution in [0.2, 0.25) is 0 Å². The molecule has 0 aliphatic heterocycles. The van der Waals surface area contributed by atoms with E-state index >= 15 is 0 Å². The van der Waals surface area contributed by atoms with Gasteiger partial charge in [-0.3, -0.25) is 0 Å². The van der Waals surface area contributed by atoms with Gasteiger partial charge in [-0.25, -0.2) is 0 Å². The van der Waals surface area contributed by atoms with Gasteiger partial charge in [0.1, 0.15) is 0 Å². The van der Waals surface area contributed by atoms with Gasteiger partial charge in [0, 0.05) is 6.42 Å². The summed E-state index contributed by atoms with van der Waals surface area (Å²) in [5, 5.41) is 12.5. The summed E-state index contributed by atoms with van der Waals surface area (Å²) >= 11 is 0. The maximum Gasteiger partial charge on any atom is 0.216 e. The maximum absolute atomic E-state index is 4.32. The van der Waals surface area contributed by atoms with Gasteiger partial charge in [-0.05, 0) is 42.3 Å². The molecule has 2 aromatic rings. The van der Waals surface area contributed by atoms with Crippen LogP contribution < -0.4 is 4.90 Å². The van der Waals surface area contributed by atoms with E-state index in [9.17, 15) is 0 Å². The van der Waals surface area contributed by atoms with Gasteiger partial charge in [0.05, 0.1) is 19.8 Å². The second-order valence-corrected chi connectivity index (χ2v) is 5.84. The van der Waals surface area contributed by atoms with E-state index in [1.807, 2.05) is 4.68 Å². The second kappa shape index (κ2) is 5.32. The Morgan fingerprint density at radius 3 is 2.30 bits per heavy atom. The average molecular weight is 274 g/mol. The van der Waals surface area contributed by atoms with Crippen molar-refractivity contribution in [1.82, 2.24) is 20.2 Å². The van der Waals surface area contributed by atoms with Crippen molar-refractivity contribution in [1.29, 1.82) is 0 Å². The molecular formula is C15H24N5+. The van der Waals surface area contributed by atoms with E-state index in [4.69, 9.17) is 0 Å². The van der Waals surface area contributed by atoms with Crippen LogP contribution in [0.1, 0.15) is 37.2 Å². The molecule has 1 N–H and O–H groups in total. The van der Waals surface area contributed by atoms with Crippen LogP contribution in [0.15, 0.2) is 18.2 Å². The van der Waals surface area contributed by atoms with Gasteiger partial charge < -0.3 is 4.90 Å². The minimum absolute atomic E-state index is 0.113. The Labute approximate surface area is 120 Å². The zero-order chi connectivity index (χ0) is 14.9. The summed E-state index contributed by atoms with van der Waals surface area (Å²) < 4.78 is 1.90. The summed E-state index contributed by atoms with van der Waals surface area (Å²) in [5.74, 6) is 0.914. The number of aryl methyl sites for hydroxylation is 2. The van der Waals surface area contributed by atoms with E-state index in [0.717, 1.165) is 17.9 Å². The van der Waals surface area contributed by atoms with Gasteiger partial charge in [0.2, 0.25) is 5.82 Å². The molecular weight excluding hydrogens is 250 g/mol. The van der Waals surface area contributed by atoms with Crippen molar-refractivity contribution in [3.8, 4) is 5.69 Å². The highest BCUT2D eigenvalue weighted by Gasteiger charge is 2.38. The highest BCUT2D eigenvalue weighted by molar-refractivity contribution is 5.46. The molecule has 0 saturated heterocycles. The largest absolute Gasteiger partial charge is 0.329 e. The number of hydrogen-bond acceptors (Lipinski definition) is 3. The first-order chi connectivity index (χ1) is 9.41. The Bertz CT molecular complexity index is 582. The zero-order valence-electron chi connectivity index (χ0n) is 13.2. The summed E-state index contributed by atoms with van der Waals surface area (Å²) in [4.78, 5) is 1.32. The van der Waals surface area contributed by atoms with Crippen LogP contribution >= 0.6 is 0 Å². The number of quaternary nitrogens is 1. The Balaban J connectivity index is 2.65. The third-order valence-electron chi connectivity index (χ3n) is 4.42. The Hall–Kier alpha value is -1.75. The Morgan fingerprint density at radius 2 is 1.80 bits per heavy atom. The lowest BCUT2D eigenvalue weighted by Gasteiger charge is -2.31. The molecule has 0 radical (unpaired) electrons. The molecule has 1 aromatic heterocycles. The molecule has 0 saturated carbocycles. The molecule has 0 aliphatic carbocycles. The number of rotatable bonds is 4. The van der Waals surface area contributed by atoms with Crippen LogP contribution in [-0.4, -0.2) is 34.3 Å². The summed E-state index contributed by atoms with van der Waals surface area (Å²) in [5.41, 5.74) is 3.35. The molecule has 5 heteroatoms. The fourth-order valence-electron chi connectivity index (χ4n) is 2.56. The zero-order valence-corrected chi connectivity index (χ0v) is 13.2. The molecule has 0 aliphatic rings. The molecule has 5 nitrogen and oxygen atoms in total. The average Bonchev–Trinajstić information content (AvgIpc) is 2.87. The van der Waals surface area contributed by atoms with E-state index in [0.29, 0.717) is 0 Å². The predicted octanol–water partition coefficient (Wildman–Crippen LogP) is 1.05. The van der Waals surface area contributed by atoms with E-state index in [-0.39, 0.29) is 5.54 Å². The van der Waals surface area contributed by atoms with Crippen LogP contribution in [0.3, 0.4) is 0 Å². The molecule has 1 heterocycles. The van der Waals surface area contributed by atoms with E-state index in [1.165, 1.54) is 16.0 Å². The molecule has 108 valence electrons. The molecule has 1 aromatic carbocycles. The standard InChI is InChI=1S/C15H23N5/c1-7-15(4,19(5)6)14-16-17-18-20(14)13-11(2)9-8-10-12(13)3/h8-10H,7H2,1-6H3/p+1/t15-/m1/s1. The summed E-state index contributed by atoms with van der Waals surface area (Å²) in [6, 6.07) is 6.26. The molecule has 20 heavy (non-hydrogen) atoms. The lowest BCUT2D eigenvalue weighted by Crippen LogP contribution is -3.13. The van der Waals surface area contributed by atoms with E-state index < -0.39 is 0 Å². The fourth-order valence-corrected chi connectivity index (χ4v) is 2.56. The molecule has 0 spiro atoms. The van der Waals surface area contributed by atoms with Gasteiger partial charge >= 0.3 is 0 Å². The first-order valence-corrected chi connectivity index (χ1v) is 7.08. The fraction of sp³-hybridized carbons (Fsp3) is 0.533. The van der Waals surface area contributed by atoms with Gasteiger partial charge in [-0.15, -0.1) is 5.10 Å². The van der Waals surface area contributed by atoms with E-state index in [1.54, 1.807) is 0 Å². The number of tetrazole rings is 1. The summed E-state index contributed by atoms with van der Waals surface area (Å²) in [6.45, 7) is 8.58. The van der Waals surface area contributed by atoms with Crippen LogP contribution in [-0.2, 0) is 5.54 Å². The lowest BCUT2D eigenvalue weighted by atomic mass is 9.96. The van der Waals surface area contributed by atoms with Crippen molar-refractivity contribution in [2.45, 2.75) is 39.7 Å². The van der Waals surface area contributed by atoms with E-state index in [2.05, 4.69) is 75.5 Å². The van der Waals surface area contributed by atoms with Crippen molar-refractivity contribution in [3.05, 3.63) is 35.2 Å². The van der Waals surface area contributed by atoms with Gasteiger partial charge in [-0.2, -0.15) is 4.68 Å². The Kier molecular flexibility index (Phi) is 3.90. The van der Waals surface area contributed by atoms with Gasteiger partial charge in [0.15, 0.2) is 5.54 Å². The molecule has 2 rings (SSSR count). The first kappa shape index (κ1) is 14.7. The number of hydrogen-bond donors (Lipinski definition) is 1. The number of para-hydroxylation sites is 1. The minimum atomic E-state index is -0.113. The number of nitrogens with zero attached hydrogens (tertiary/aromatic N) is 4. The van der Waals surface area contributed by atoms with Crippen molar-refractivity contribution in [3.63, 3.8) is 0 Å². The number of benzene rings is 1. The van der Waals surface area contributed by atoms with Gasteiger partial charge in [0.25, 0.3) is 0 Å². The number of nitrogens with one attached hydrogen (secondary N) is 1. The predicted molar refractivity (Wildman–Crippen MR) is 79.1 cm³/mol. The SMILES string of the molecule is CC[C@](C)(c1nnnn1-c1c(C)cccc1C)[NH+](C)C. The molecule has 0 unspecified atom stereocenters. The Morgan fingerprint density at radius 1 is 1.20 bits per heavy atom. The van der Waals surface area contributed by atoms with Crippen molar-refractivity contribution < 1.29 is 4.90 Å². The molecule has 1 atom stereocenters. The smallest absolute Gasteiger partial charge is 0.216 e. The highest BCUT2D eigenvalue weighted by Crippen LogP contribution is 2.24. The first-order valence-electron chi connectivity index (χ1n) is 7.08. The third-order valence-corrected chi connectivity index (χ3v) is 4.42. The summed E-state index contributed by atoms with van der Waals surface area (Å²) in [7, 11) is 4.29. The number of aromatic nitrogens is 4.